The zero-order chi connectivity index (χ0) is 17.6. The Kier molecular flexibility index (Phi) is 6.70. The van der Waals surface area contributed by atoms with E-state index < -0.39 is 10.0 Å². The van der Waals surface area contributed by atoms with E-state index in [4.69, 9.17) is 0 Å². The van der Waals surface area contributed by atoms with Crippen molar-refractivity contribution in [1.29, 1.82) is 0 Å². The van der Waals surface area contributed by atoms with Gasteiger partial charge in [0.1, 0.15) is 4.90 Å². The number of aromatic nitrogens is 1. The summed E-state index contributed by atoms with van der Waals surface area (Å²) in [6.07, 6.45) is 4.72. The summed E-state index contributed by atoms with van der Waals surface area (Å²) in [5.41, 5.74) is 0. The first kappa shape index (κ1) is 18.8. The number of likely N-dealkylation sites (N-methyl/N-ethyl adjacent to an activating group) is 1. The highest BCUT2D eigenvalue weighted by atomic mass is 32.2. The van der Waals surface area contributed by atoms with E-state index in [9.17, 15) is 13.2 Å². The Balaban J connectivity index is 1.88. The maximum absolute atomic E-state index is 12.4. The van der Waals surface area contributed by atoms with E-state index >= 15 is 0 Å². The van der Waals surface area contributed by atoms with Gasteiger partial charge in [-0.3, -0.25) is 9.78 Å². The van der Waals surface area contributed by atoms with Crippen molar-refractivity contribution in [3.63, 3.8) is 0 Å². The lowest BCUT2D eigenvalue weighted by atomic mass is 9.97. The summed E-state index contributed by atoms with van der Waals surface area (Å²) < 4.78 is 25.9. The molecule has 0 bridgehead atoms. The minimum absolute atomic E-state index is 0.102. The minimum Gasteiger partial charge on any atom is -0.342 e. The summed E-state index contributed by atoms with van der Waals surface area (Å²) in [4.78, 5) is 18.1. The monoisotopic (exact) mass is 354 g/mol. The molecule has 0 atom stereocenters. The van der Waals surface area contributed by atoms with Crippen LogP contribution in [-0.2, 0) is 14.8 Å². The summed E-state index contributed by atoms with van der Waals surface area (Å²) in [6, 6.07) is 3.05. The van der Waals surface area contributed by atoms with Gasteiger partial charge in [-0.2, -0.15) is 4.31 Å². The van der Waals surface area contributed by atoms with E-state index in [1.165, 1.54) is 25.5 Å². The number of carbonyl (C=O) groups is 1. The number of nitrogens with one attached hydrogen (secondary N) is 1. The lowest BCUT2D eigenvalue weighted by Gasteiger charge is -2.33. The van der Waals surface area contributed by atoms with Crippen LogP contribution in [0.4, 0.5) is 0 Å². The van der Waals surface area contributed by atoms with Crippen molar-refractivity contribution in [2.75, 3.05) is 39.8 Å². The molecule has 1 aliphatic rings. The van der Waals surface area contributed by atoms with Crippen molar-refractivity contribution >= 4 is 15.9 Å². The largest absolute Gasteiger partial charge is 0.342 e. The average Bonchev–Trinajstić information content (AvgIpc) is 2.61. The summed E-state index contributed by atoms with van der Waals surface area (Å²) in [5.74, 6) is 0.442. The first-order valence-electron chi connectivity index (χ1n) is 8.30. The number of hydrogen-bond donors (Lipinski definition) is 1. The van der Waals surface area contributed by atoms with Crippen LogP contribution in [0.2, 0.25) is 0 Å². The molecular formula is C16H26N4O3S. The molecule has 8 heteroatoms. The Morgan fingerprint density at radius 3 is 2.71 bits per heavy atom. The third-order valence-corrected chi connectivity index (χ3v) is 6.14. The minimum atomic E-state index is -3.68. The van der Waals surface area contributed by atoms with Crippen LogP contribution in [0.15, 0.2) is 29.4 Å². The molecule has 0 radical (unpaired) electrons. The van der Waals surface area contributed by atoms with E-state index in [0.717, 1.165) is 30.2 Å². The topological polar surface area (TPSA) is 82.6 Å². The molecule has 134 valence electrons. The summed E-state index contributed by atoms with van der Waals surface area (Å²) >= 11 is 0. The Morgan fingerprint density at radius 2 is 2.12 bits per heavy atom. The normalized spacial score (nSPS) is 16.5. The molecule has 0 saturated carbocycles. The van der Waals surface area contributed by atoms with Gasteiger partial charge < -0.3 is 10.2 Å². The lowest BCUT2D eigenvalue weighted by Crippen LogP contribution is -2.45. The molecule has 1 fully saturated rings. The molecule has 1 N–H and O–H groups in total. The third-order valence-electron chi connectivity index (χ3n) is 4.35. The van der Waals surface area contributed by atoms with Gasteiger partial charge in [-0.15, -0.1) is 0 Å². The lowest BCUT2D eigenvalue weighted by molar-refractivity contribution is -0.132. The van der Waals surface area contributed by atoms with Crippen molar-refractivity contribution in [3.05, 3.63) is 24.5 Å². The van der Waals surface area contributed by atoms with Gasteiger partial charge in [-0.25, -0.2) is 8.42 Å². The van der Waals surface area contributed by atoms with Gasteiger partial charge in [0.2, 0.25) is 15.9 Å². The second kappa shape index (κ2) is 8.55. The Morgan fingerprint density at radius 1 is 1.42 bits per heavy atom. The molecule has 7 nitrogen and oxygen atoms in total. The van der Waals surface area contributed by atoms with Gasteiger partial charge in [0, 0.05) is 32.5 Å². The maximum Gasteiger partial charge on any atom is 0.244 e. The third kappa shape index (κ3) is 4.75. The molecule has 0 spiro atoms. The fourth-order valence-electron chi connectivity index (χ4n) is 2.79. The highest BCUT2D eigenvalue weighted by molar-refractivity contribution is 7.89. The highest BCUT2D eigenvalue weighted by Crippen LogP contribution is 2.18. The number of amides is 1. The van der Waals surface area contributed by atoms with Gasteiger partial charge in [-0.1, -0.05) is 6.92 Å². The van der Waals surface area contributed by atoms with E-state index in [0.29, 0.717) is 19.0 Å². The van der Waals surface area contributed by atoms with Gasteiger partial charge in [0.25, 0.3) is 0 Å². The first-order valence-corrected chi connectivity index (χ1v) is 9.74. The molecule has 1 aromatic rings. The molecule has 0 unspecified atom stereocenters. The predicted octanol–water partition coefficient (Wildman–Crippen LogP) is 0.550. The second-order valence-corrected chi connectivity index (χ2v) is 8.13. The molecule has 2 heterocycles. The van der Waals surface area contributed by atoms with Crippen LogP contribution >= 0.6 is 0 Å². The Hall–Kier alpha value is -1.51. The summed E-state index contributed by atoms with van der Waals surface area (Å²) in [6.45, 7) is 5.25. The van der Waals surface area contributed by atoms with Crippen LogP contribution < -0.4 is 5.32 Å². The Labute approximate surface area is 144 Å². The smallest absolute Gasteiger partial charge is 0.244 e. The van der Waals surface area contributed by atoms with Gasteiger partial charge in [-0.05, 0) is 44.0 Å². The van der Waals surface area contributed by atoms with Crippen molar-refractivity contribution in [2.24, 2.45) is 5.92 Å². The molecule has 2 rings (SSSR count). The quantitative estimate of drug-likeness (QED) is 0.773. The van der Waals surface area contributed by atoms with Crippen LogP contribution in [0.5, 0.6) is 0 Å². The van der Waals surface area contributed by atoms with E-state index in [2.05, 4.69) is 17.2 Å². The van der Waals surface area contributed by atoms with Crippen LogP contribution in [-0.4, -0.2) is 68.3 Å². The number of sulfonamides is 1. The van der Waals surface area contributed by atoms with Crippen molar-refractivity contribution in [2.45, 2.75) is 24.7 Å². The first-order chi connectivity index (χ1) is 11.4. The zero-order valence-corrected chi connectivity index (χ0v) is 15.1. The number of likely N-dealkylation sites (tertiary alicyclic amines) is 1. The number of rotatable bonds is 7. The fraction of sp³-hybridized carbons (Fsp3) is 0.625. The number of hydrogen-bond acceptors (Lipinski definition) is 5. The van der Waals surface area contributed by atoms with Crippen LogP contribution in [0.3, 0.4) is 0 Å². The molecule has 0 aliphatic carbocycles. The average molecular weight is 354 g/mol. The summed E-state index contributed by atoms with van der Waals surface area (Å²) in [7, 11) is -2.25. The van der Waals surface area contributed by atoms with Crippen molar-refractivity contribution in [3.8, 4) is 0 Å². The highest BCUT2D eigenvalue weighted by Gasteiger charge is 2.27. The number of pyridine rings is 1. The van der Waals surface area contributed by atoms with Gasteiger partial charge in [0.05, 0.1) is 6.54 Å². The number of piperidine rings is 1. The van der Waals surface area contributed by atoms with Crippen molar-refractivity contribution < 1.29 is 13.2 Å². The second-order valence-electron chi connectivity index (χ2n) is 6.08. The van der Waals surface area contributed by atoms with Crippen molar-refractivity contribution in [1.82, 2.24) is 19.5 Å². The molecule has 1 amide bonds. The SMILES string of the molecule is CCNCC1CCN(C(=O)CN(C)S(=O)(=O)c2cccnc2)CC1. The number of nitrogens with zero attached hydrogens (tertiary/aromatic N) is 3. The molecule has 24 heavy (non-hydrogen) atoms. The maximum atomic E-state index is 12.4. The molecule has 1 saturated heterocycles. The number of carbonyl (C=O) groups excluding carboxylic acids is 1. The molecular weight excluding hydrogens is 328 g/mol. The summed E-state index contributed by atoms with van der Waals surface area (Å²) in [5, 5.41) is 3.34. The molecule has 0 aromatic carbocycles. The van der Waals surface area contributed by atoms with Gasteiger partial charge >= 0.3 is 0 Å². The molecule has 1 aromatic heterocycles. The fourth-order valence-corrected chi connectivity index (χ4v) is 3.87. The van der Waals surface area contributed by atoms with E-state index in [1.54, 1.807) is 11.0 Å². The van der Waals surface area contributed by atoms with Crippen LogP contribution in [0.25, 0.3) is 0 Å². The molecule has 1 aliphatic heterocycles. The van der Waals surface area contributed by atoms with Gasteiger partial charge in [0.15, 0.2) is 0 Å². The zero-order valence-electron chi connectivity index (χ0n) is 14.3. The van der Waals surface area contributed by atoms with E-state index in [-0.39, 0.29) is 17.3 Å². The van der Waals surface area contributed by atoms with Crippen LogP contribution in [0, 0.1) is 5.92 Å². The van der Waals surface area contributed by atoms with Crippen LogP contribution in [0.1, 0.15) is 19.8 Å². The Bertz CT molecular complexity index is 628. The van der Waals surface area contributed by atoms with E-state index in [1.807, 2.05) is 0 Å². The predicted molar refractivity (Wildman–Crippen MR) is 91.9 cm³/mol. The standard InChI is InChI=1S/C16H26N4O3S/c1-3-17-11-14-6-9-20(10-7-14)16(21)13-19(2)24(22,23)15-5-4-8-18-12-15/h4-5,8,12,14,17H,3,6-7,9-11,13H2,1-2H3.